The van der Waals surface area contributed by atoms with Crippen molar-refractivity contribution in [3.8, 4) is 11.4 Å². The van der Waals surface area contributed by atoms with Crippen LogP contribution in [-0.2, 0) is 17.4 Å². The number of carboxylic acid groups (broad SMARTS) is 1. The van der Waals surface area contributed by atoms with Crippen LogP contribution in [0.2, 0.25) is 0 Å². The fraction of sp³-hybridized carbons (Fsp3) is 0.250. The molecule has 0 aliphatic carbocycles. The first-order valence-corrected chi connectivity index (χ1v) is 5.56. The van der Waals surface area contributed by atoms with E-state index in [-0.39, 0.29) is 24.6 Å². The van der Waals surface area contributed by atoms with Crippen LogP contribution in [0.15, 0.2) is 28.8 Å². The van der Waals surface area contributed by atoms with Gasteiger partial charge in [-0.25, -0.2) is 0 Å². The summed E-state index contributed by atoms with van der Waals surface area (Å²) in [7, 11) is 0. The van der Waals surface area contributed by atoms with Gasteiger partial charge in [0.05, 0.1) is 5.56 Å². The van der Waals surface area contributed by atoms with E-state index in [1.807, 2.05) is 0 Å². The molecule has 0 aliphatic rings. The van der Waals surface area contributed by atoms with Crippen LogP contribution in [-0.4, -0.2) is 16.1 Å². The summed E-state index contributed by atoms with van der Waals surface area (Å²) >= 11 is 0. The molecule has 106 valence electrons. The summed E-state index contributed by atoms with van der Waals surface area (Å²) in [4.78, 5) is 14.2. The minimum atomic E-state index is -4.41. The predicted octanol–water partition coefficient (Wildman–Crippen LogP) is 1.44. The van der Waals surface area contributed by atoms with Crippen LogP contribution < -0.4 is 5.11 Å². The fourth-order valence-corrected chi connectivity index (χ4v) is 1.49. The molecule has 0 radical (unpaired) electrons. The molecule has 1 aromatic heterocycles. The molecule has 0 atom stereocenters. The number of benzene rings is 1. The van der Waals surface area contributed by atoms with Crippen molar-refractivity contribution in [2.75, 3.05) is 0 Å². The third-order valence-corrected chi connectivity index (χ3v) is 2.48. The number of rotatable bonds is 4. The highest BCUT2D eigenvalue weighted by Gasteiger charge is 2.30. The number of aromatic nitrogens is 2. The number of hydrogen-bond donors (Lipinski definition) is 0. The van der Waals surface area contributed by atoms with Crippen molar-refractivity contribution in [3.63, 3.8) is 0 Å². The van der Waals surface area contributed by atoms with Gasteiger partial charge in [0.1, 0.15) is 0 Å². The van der Waals surface area contributed by atoms with E-state index in [4.69, 9.17) is 4.52 Å². The van der Waals surface area contributed by atoms with E-state index in [2.05, 4.69) is 10.1 Å². The second kappa shape index (κ2) is 5.32. The van der Waals surface area contributed by atoms with Crippen LogP contribution in [0.4, 0.5) is 13.2 Å². The molecule has 0 spiro atoms. The highest BCUT2D eigenvalue weighted by atomic mass is 19.4. The third-order valence-electron chi connectivity index (χ3n) is 2.48. The zero-order valence-electron chi connectivity index (χ0n) is 9.98. The number of hydrogen-bond acceptors (Lipinski definition) is 5. The van der Waals surface area contributed by atoms with E-state index < -0.39 is 17.7 Å². The number of carboxylic acids is 1. The lowest BCUT2D eigenvalue weighted by Gasteiger charge is -2.05. The predicted molar refractivity (Wildman–Crippen MR) is 58.1 cm³/mol. The van der Waals surface area contributed by atoms with Gasteiger partial charge in [-0.2, -0.15) is 18.2 Å². The van der Waals surface area contributed by atoms with Crippen molar-refractivity contribution in [2.24, 2.45) is 0 Å². The number of aryl methyl sites for hydroxylation is 1. The number of nitrogens with zero attached hydrogens (tertiary/aromatic N) is 2. The second-order valence-electron chi connectivity index (χ2n) is 3.96. The molecule has 8 heteroatoms. The summed E-state index contributed by atoms with van der Waals surface area (Å²) in [5.74, 6) is -1.06. The molecule has 2 rings (SSSR count). The van der Waals surface area contributed by atoms with E-state index in [1.165, 1.54) is 12.1 Å². The zero-order valence-corrected chi connectivity index (χ0v) is 9.98. The van der Waals surface area contributed by atoms with E-state index in [0.29, 0.717) is 5.56 Å². The molecule has 2 aromatic rings. The van der Waals surface area contributed by atoms with E-state index in [9.17, 15) is 23.1 Å². The third kappa shape index (κ3) is 3.34. The van der Waals surface area contributed by atoms with Crippen LogP contribution in [0.1, 0.15) is 17.9 Å². The summed E-state index contributed by atoms with van der Waals surface area (Å²) in [6, 6.07) is 4.26. The average Bonchev–Trinajstić information content (AvgIpc) is 2.84. The van der Waals surface area contributed by atoms with Crippen molar-refractivity contribution in [1.82, 2.24) is 10.1 Å². The maximum Gasteiger partial charge on any atom is 0.416 e. The SMILES string of the molecule is O=C([O-])CCc1nc(-c2ccc(C(F)(F)F)cc2)no1. The highest BCUT2D eigenvalue weighted by molar-refractivity contribution is 5.64. The quantitative estimate of drug-likeness (QED) is 0.849. The summed E-state index contributed by atoms with van der Waals surface area (Å²) < 4.78 is 42.0. The van der Waals surface area contributed by atoms with Crippen LogP contribution in [0.25, 0.3) is 11.4 Å². The van der Waals surface area contributed by atoms with Gasteiger partial charge >= 0.3 is 6.18 Å². The van der Waals surface area contributed by atoms with Gasteiger partial charge in [-0.05, 0) is 18.6 Å². The normalized spacial score (nSPS) is 11.6. The fourth-order valence-electron chi connectivity index (χ4n) is 1.49. The number of alkyl halides is 3. The van der Waals surface area contributed by atoms with Gasteiger partial charge in [0.25, 0.3) is 0 Å². The van der Waals surface area contributed by atoms with E-state index >= 15 is 0 Å². The molecule has 0 amide bonds. The topological polar surface area (TPSA) is 79.0 Å². The Labute approximate surface area is 111 Å². The Hall–Kier alpha value is -2.38. The highest BCUT2D eigenvalue weighted by Crippen LogP contribution is 2.30. The van der Waals surface area contributed by atoms with Crippen molar-refractivity contribution < 1.29 is 27.6 Å². The van der Waals surface area contributed by atoms with Gasteiger partial charge in [0.2, 0.25) is 11.7 Å². The first-order chi connectivity index (χ1) is 9.36. The Morgan fingerprint density at radius 1 is 1.25 bits per heavy atom. The maximum absolute atomic E-state index is 12.4. The van der Waals surface area contributed by atoms with Gasteiger partial charge in [0, 0.05) is 18.0 Å². The molecule has 1 heterocycles. The van der Waals surface area contributed by atoms with Gasteiger partial charge in [-0.1, -0.05) is 17.3 Å². The van der Waals surface area contributed by atoms with Gasteiger partial charge in [-0.3, -0.25) is 0 Å². The molecule has 0 N–H and O–H groups in total. The van der Waals surface area contributed by atoms with Crippen LogP contribution in [0.3, 0.4) is 0 Å². The van der Waals surface area contributed by atoms with Gasteiger partial charge in [-0.15, -0.1) is 0 Å². The van der Waals surface area contributed by atoms with Crippen molar-refractivity contribution in [1.29, 1.82) is 0 Å². The smallest absolute Gasteiger partial charge is 0.416 e. The molecule has 5 nitrogen and oxygen atoms in total. The van der Waals surface area contributed by atoms with E-state index in [1.54, 1.807) is 0 Å². The standard InChI is InChI=1S/C12H9F3N2O3/c13-12(14,15)8-3-1-7(2-4-8)11-16-9(20-17-11)5-6-10(18)19/h1-4H,5-6H2,(H,18,19)/p-1. The Morgan fingerprint density at radius 3 is 2.45 bits per heavy atom. The van der Waals surface area contributed by atoms with Crippen molar-refractivity contribution in [2.45, 2.75) is 19.0 Å². The number of carbonyl (C=O) groups excluding carboxylic acids is 1. The lowest BCUT2D eigenvalue weighted by atomic mass is 10.1. The van der Waals surface area contributed by atoms with Gasteiger partial charge in [0.15, 0.2) is 0 Å². The maximum atomic E-state index is 12.4. The summed E-state index contributed by atoms with van der Waals surface area (Å²) in [5.41, 5.74) is -0.427. The van der Waals surface area contributed by atoms with Crippen molar-refractivity contribution >= 4 is 5.97 Å². The average molecular weight is 285 g/mol. The Morgan fingerprint density at radius 2 is 1.90 bits per heavy atom. The zero-order chi connectivity index (χ0) is 14.8. The molecule has 20 heavy (non-hydrogen) atoms. The molecule has 0 unspecified atom stereocenters. The number of aliphatic carboxylic acids is 1. The lowest BCUT2D eigenvalue weighted by molar-refractivity contribution is -0.305. The molecular formula is C12H8F3N2O3-. The summed E-state index contributed by atoms with van der Waals surface area (Å²) in [5, 5.41) is 13.8. The van der Waals surface area contributed by atoms with Crippen LogP contribution in [0, 0.1) is 0 Å². The first-order valence-electron chi connectivity index (χ1n) is 5.56. The lowest BCUT2D eigenvalue weighted by Crippen LogP contribution is -2.22. The Balaban J connectivity index is 2.14. The molecule has 0 bridgehead atoms. The monoisotopic (exact) mass is 285 g/mol. The first kappa shape index (κ1) is 14.0. The van der Waals surface area contributed by atoms with E-state index in [0.717, 1.165) is 12.1 Å². The molecule has 1 aromatic carbocycles. The number of carbonyl (C=O) groups is 1. The summed E-state index contributed by atoms with van der Waals surface area (Å²) in [6.45, 7) is 0. The Bertz CT molecular complexity index is 605. The second-order valence-corrected chi connectivity index (χ2v) is 3.96. The molecule has 0 saturated carbocycles. The largest absolute Gasteiger partial charge is 0.550 e. The molecular weight excluding hydrogens is 277 g/mol. The molecule has 0 aliphatic heterocycles. The minimum Gasteiger partial charge on any atom is -0.550 e. The minimum absolute atomic E-state index is 0.00989. The van der Waals surface area contributed by atoms with Gasteiger partial charge < -0.3 is 14.4 Å². The van der Waals surface area contributed by atoms with Crippen LogP contribution >= 0.6 is 0 Å². The molecule has 0 fully saturated rings. The summed E-state index contributed by atoms with van der Waals surface area (Å²) in [6.07, 6.45) is -4.67. The Kier molecular flexibility index (Phi) is 3.73. The van der Waals surface area contributed by atoms with Crippen LogP contribution in [0.5, 0.6) is 0 Å². The molecule has 0 saturated heterocycles. The van der Waals surface area contributed by atoms with Crippen molar-refractivity contribution in [3.05, 3.63) is 35.7 Å². The number of halogens is 3.